The summed E-state index contributed by atoms with van der Waals surface area (Å²) in [7, 11) is 1.69. The van der Waals surface area contributed by atoms with Crippen LogP contribution in [0.5, 0.6) is 5.75 Å². The summed E-state index contributed by atoms with van der Waals surface area (Å²) in [6.45, 7) is 3.92. The van der Waals surface area contributed by atoms with Gasteiger partial charge in [-0.2, -0.15) is 18.3 Å². The number of para-hydroxylation sites is 1. The van der Waals surface area contributed by atoms with Gasteiger partial charge in [-0.15, -0.1) is 0 Å². The molecule has 11 heteroatoms. The zero-order chi connectivity index (χ0) is 25.8. The van der Waals surface area contributed by atoms with Crippen LogP contribution < -0.4 is 15.4 Å². The number of carbonyl (C=O) groups excluding carboxylic acids is 2. The standard InChI is InChI=1S/C24H27F3N4O4/c1-23(2,3)35-22(33)28-12-11-20(32)29-21-17-10-9-15(13-18(17)31(4)30-21)16-7-5-6-8-19(16)34-14-24(25,26)27/h5-10,13H,11-12,14H2,1-4H3,(H,28,33)(H,29,30,32). The van der Waals surface area contributed by atoms with Crippen LogP contribution in [0.4, 0.5) is 23.8 Å². The van der Waals surface area contributed by atoms with Crippen molar-refractivity contribution >= 4 is 28.7 Å². The Morgan fingerprint density at radius 3 is 2.49 bits per heavy atom. The maximum absolute atomic E-state index is 12.6. The second-order valence-electron chi connectivity index (χ2n) is 8.83. The van der Waals surface area contributed by atoms with Gasteiger partial charge in [-0.25, -0.2) is 4.79 Å². The summed E-state index contributed by atoms with van der Waals surface area (Å²) in [5.74, 6) is 0.0892. The van der Waals surface area contributed by atoms with Crippen molar-refractivity contribution < 1.29 is 32.2 Å². The quantitative estimate of drug-likeness (QED) is 0.482. The molecule has 1 aromatic heterocycles. The van der Waals surface area contributed by atoms with E-state index in [0.717, 1.165) is 0 Å². The van der Waals surface area contributed by atoms with Crippen molar-refractivity contribution in [2.45, 2.75) is 39.0 Å². The van der Waals surface area contributed by atoms with Crippen LogP contribution in [0.3, 0.4) is 0 Å². The Kier molecular flexibility index (Phi) is 7.57. The van der Waals surface area contributed by atoms with Gasteiger partial charge in [0.05, 0.1) is 5.52 Å². The predicted molar refractivity (Wildman–Crippen MR) is 125 cm³/mol. The van der Waals surface area contributed by atoms with Crippen LogP contribution in [-0.4, -0.2) is 46.7 Å². The number of anilines is 1. The summed E-state index contributed by atoms with van der Waals surface area (Å²) in [4.78, 5) is 24.1. The van der Waals surface area contributed by atoms with Crippen LogP contribution >= 0.6 is 0 Å². The maximum atomic E-state index is 12.6. The van der Waals surface area contributed by atoms with E-state index in [2.05, 4.69) is 15.7 Å². The van der Waals surface area contributed by atoms with Gasteiger partial charge in [0.25, 0.3) is 0 Å². The Labute approximate surface area is 200 Å². The number of halogens is 3. The summed E-state index contributed by atoms with van der Waals surface area (Å²) >= 11 is 0. The lowest BCUT2D eigenvalue weighted by Gasteiger charge is -2.19. The summed E-state index contributed by atoms with van der Waals surface area (Å²) < 4.78 is 49.6. The number of fused-ring (bicyclic) bond motifs is 1. The highest BCUT2D eigenvalue weighted by Gasteiger charge is 2.29. The van der Waals surface area contributed by atoms with Crippen molar-refractivity contribution in [3.05, 3.63) is 42.5 Å². The van der Waals surface area contributed by atoms with Gasteiger partial charge in [-0.1, -0.05) is 24.3 Å². The van der Waals surface area contributed by atoms with E-state index in [-0.39, 0.29) is 24.6 Å². The third-order valence-corrected chi connectivity index (χ3v) is 4.72. The number of nitrogens with zero attached hydrogens (tertiary/aromatic N) is 2. The van der Waals surface area contributed by atoms with Gasteiger partial charge in [-0.05, 0) is 44.5 Å². The molecule has 2 N–H and O–H groups in total. The average molecular weight is 492 g/mol. The third-order valence-electron chi connectivity index (χ3n) is 4.72. The number of alkyl carbamates (subject to hydrolysis) is 1. The van der Waals surface area contributed by atoms with Gasteiger partial charge >= 0.3 is 12.3 Å². The topological polar surface area (TPSA) is 94.5 Å². The molecule has 0 aliphatic rings. The van der Waals surface area contributed by atoms with Crippen molar-refractivity contribution in [3.8, 4) is 16.9 Å². The number of aryl methyl sites for hydroxylation is 1. The third kappa shape index (κ3) is 7.36. The van der Waals surface area contributed by atoms with Crippen LogP contribution in [0.25, 0.3) is 22.0 Å². The molecule has 2 amide bonds. The molecule has 2 aromatic carbocycles. The number of alkyl halides is 3. The van der Waals surface area contributed by atoms with Crippen molar-refractivity contribution in [2.75, 3.05) is 18.5 Å². The Morgan fingerprint density at radius 1 is 1.09 bits per heavy atom. The van der Waals surface area contributed by atoms with E-state index in [4.69, 9.17) is 9.47 Å². The lowest BCUT2D eigenvalue weighted by Crippen LogP contribution is -2.34. The Bertz CT molecular complexity index is 1220. The molecule has 0 aliphatic carbocycles. The monoisotopic (exact) mass is 492 g/mol. The highest BCUT2D eigenvalue weighted by atomic mass is 19.4. The Balaban J connectivity index is 1.72. The van der Waals surface area contributed by atoms with E-state index in [9.17, 15) is 22.8 Å². The maximum Gasteiger partial charge on any atom is 0.422 e. The number of carbonyl (C=O) groups is 2. The van der Waals surface area contributed by atoms with Gasteiger partial charge in [0.15, 0.2) is 12.4 Å². The predicted octanol–water partition coefficient (Wildman–Crippen LogP) is 5.03. The zero-order valence-electron chi connectivity index (χ0n) is 19.8. The highest BCUT2D eigenvalue weighted by Crippen LogP contribution is 2.34. The molecule has 0 atom stereocenters. The first kappa shape index (κ1) is 25.9. The number of rotatable bonds is 7. The zero-order valence-corrected chi connectivity index (χ0v) is 19.8. The number of ether oxygens (including phenoxy) is 2. The smallest absolute Gasteiger partial charge is 0.422 e. The molecule has 35 heavy (non-hydrogen) atoms. The second-order valence-corrected chi connectivity index (χ2v) is 8.83. The summed E-state index contributed by atoms with van der Waals surface area (Å²) in [6, 6.07) is 11.7. The number of hydrogen-bond acceptors (Lipinski definition) is 5. The minimum absolute atomic E-state index is 0.0132. The molecule has 1 heterocycles. The minimum Gasteiger partial charge on any atom is -0.483 e. The first-order valence-corrected chi connectivity index (χ1v) is 10.8. The lowest BCUT2D eigenvalue weighted by molar-refractivity contribution is -0.153. The number of benzene rings is 2. The van der Waals surface area contributed by atoms with Gasteiger partial charge in [0.2, 0.25) is 5.91 Å². The van der Waals surface area contributed by atoms with Crippen LogP contribution in [-0.2, 0) is 16.6 Å². The number of aromatic nitrogens is 2. The molecular formula is C24H27F3N4O4. The first-order valence-electron chi connectivity index (χ1n) is 10.8. The van der Waals surface area contributed by atoms with Gasteiger partial charge in [0.1, 0.15) is 11.4 Å². The fourth-order valence-electron chi connectivity index (χ4n) is 3.29. The molecule has 0 bridgehead atoms. The summed E-state index contributed by atoms with van der Waals surface area (Å²) in [6.07, 6.45) is -5.05. The molecule has 0 spiro atoms. The fourth-order valence-corrected chi connectivity index (χ4v) is 3.29. The Morgan fingerprint density at radius 2 is 1.80 bits per heavy atom. The summed E-state index contributed by atoms with van der Waals surface area (Å²) in [5.41, 5.74) is 1.16. The average Bonchev–Trinajstić information content (AvgIpc) is 3.05. The summed E-state index contributed by atoms with van der Waals surface area (Å²) in [5, 5.41) is 10.2. The second kappa shape index (κ2) is 10.2. The van der Waals surface area contributed by atoms with Crippen LogP contribution in [0.15, 0.2) is 42.5 Å². The van der Waals surface area contributed by atoms with Crippen molar-refractivity contribution in [3.63, 3.8) is 0 Å². The molecule has 8 nitrogen and oxygen atoms in total. The number of hydrogen-bond donors (Lipinski definition) is 2. The molecule has 3 aromatic rings. The van der Waals surface area contributed by atoms with Gasteiger partial charge in [0, 0.05) is 31.0 Å². The van der Waals surface area contributed by atoms with Crippen molar-refractivity contribution in [1.82, 2.24) is 15.1 Å². The van der Waals surface area contributed by atoms with E-state index in [1.165, 1.54) is 6.07 Å². The van der Waals surface area contributed by atoms with Gasteiger partial charge in [-0.3, -0.25) is 9.48 Å². The molecule has 0 saturated carbocycles. The molecule has 0 radical (unpaired) electrons. The van der Waals surface area contributed by atoms with E-state index in [1.54, 1.807) is 68.9 Å². The molecule has 188 valence electrons. The molecule has 0 fully saturated rings. The fraction of sp³-hybridized carbons (Fsp3) is 0.375. The Hall–Kier alpha value is -3.76. The van der Waals surface area contributed by atoms with E-state index in [1.807, 2.05) is 0 Å². The molecule has 0 unspecified atom stereocenters. The van der Waals surface area contributed by atoms with Crippen LogP contribution in [0.1, 0.15) is 27.2 Å². The first-order chi connectivity index (χ1) is 16.3. The van der Waals surface area contributed by atoms with Crippen LogP contribution in [0.2, 0.25) is 0 Å². The largest absolute Gasteiger partial charge is 0.483 e. The van der Waals surface area contributed by atoms with Gasteiger partial charge < -0.3 is 20.1 Å². The highest BCUT2D eigenvalue weighted by molar-refractivity contribution is 6.01. The minimum atomic E-state index is -4.45. The molecular weight excluding hydrogens is 465 g/mol. The molecule has 0 saturated heterocycles. The van der Waals surface area contributed by atoms with E-state index in [0.29, 0.717) is 27.8 Å². The van der Waals surface area contributed by atoms with Crippen molar-refractivity contribution in [1.29, 1.82) is 0 Å². The number of nitrogens with one attached hydrogen (secondary N) is 2. The van der Waals surface area contributed by atoms with E-state index >= 15 is 0 Å². The van der Waals surface area contributed by atoms with Crippen LogP contribution in [0, 0.1) is 0 Å². The number of amides is 2. The normalized spacial score (nSPS) is 11.9. The lowest BCUT2D eigenvalue weighted by atomic mass is 10.0. The SMILES string of the molecule is Cn1nc(NC(=O)CCNC(=O)OC(C)(C)C)c2ccc(-c3ccccc3OCC(F)(F)F)cc21. The van der Waals surface area contributed by atoms with Crippen molar-refractivity contribution in [2.24, 2.45) is 7.05 Å². The molecule has 3 rings (SSSR count). The van der Waals surface area contributed by atoms with E-state index < -0.39 is 24.5 Å². The molecule has 0 aliphatic heterocycles.